The van der Waals surface area contributed by atoms with Crippen LogP contribution in [0.25, 0.3) is 0 Å². The molecule has 0 aromatic carbocycles. The number of hydrogen-bond acceptors (Lipinski definition) is 2. The Morgan fingerprint density at radius 3 is 1.71 bits per heavy atom. The monoisotopic (exact) mass is 298 g/mol. The summed E-state index contributed by atoms with van der Waals surface area (Å²) < 4.78 is 0. The van der Waals surface area contributed by atoms with E-state index < -0.39 is 0 Å². The summed E-state index contributed by atoms with van der Waals surface area (Å²) in [5.74, 6) is 0. The van der Waals surface area contributed by atoms with Crippen LogP contribution in [0.2, 0.25) is 0 Å². The number of unbranched alkanes of at least 4 members (excludes halogenated alkanes) is 9. The van der Waals surface area contributed by atoms with E-state index in [9.17, 15) is 0 Å². The first-order valence-corrected chi connectivity index (χ1v) is 9.33. The Morgan fingerprint density at radius 1 is 0.762 bits per heavy atom. The first kappa shape index (κ1) is 20.9. The lowest BCUT2D eigenvalue weighted by atomic mass is 9.93. The van der Waals surface area contributed by atoms with Gasteiger partial charge in [-0.15, -0.1) is 0 Å². The second-order valence-corrected chi connectivity index (χ2v) is 7.76. The summed E-state index contributed by atoms with van der Waals surface area (Å²) in [4.78, 5) is 2.28. The quantitative estimate of drug-likeness (QED) is 0.424. The first-order chi connectivity index (χ1) is 9.98. The number of hydrogen-bond donors (Lipinski definition) is 1. The van der Waals surface area contributed by atoms with Gasteiger partial charge in [0.2, 0.25) is 0 Å². The lowest BCUT2D eigenvalue weighted by molar-refractivity contribution is 0.232. The van der Waals surface area contributed by atoms with Gasteiger partial charge in [0.25, 0.3) is 0 Å². The molecule has 0 rings (SSSR count). The van der Waals surface area contributed by atoms with E-state index in [0.29, 0.717) is 5.41 Å². The SMILES string of the molecule is CCCCCCCCCCCCNCC(C)(C)CN(C)C. The molecule has 128 valence electrons. The number of nitrogens with one attached hydrogen (secondary N) is 1. The van der Waals surface area contributed by atoms with E-state index in [4.69, 9.17) is 0 Å². The van der Waals surface area contributed by atoms with Crippen LogP contribution in [0.5, 0.6) is 0 Å². The summed E-state index contributed by atoms with van der Waals surface area (Å²) in [6, 6.07) is 0. The van der Waals surface area contributed by atoms with Gasteiger partial charge >= 0.3 is 0 Å². The normalized spacial score (nSPS) is 12.3. The molecule has 21 heavy (non-hydrogen) atoms. The van der Waals surface area contributed by atoms with Crippen LogP contribution in [0.3, 0.4) is 0 Å². The maximum absolute atomic E-state index is 3.63. The molecule has 0 saturated carbocycles. The van der Waals surface area contributed by atoms with Gasteiger partial charge in [-0.1, -0.05) is 78.6 Å². The summed E-state index contributed by atoms with van der Waals surface area (Å²) in [7, 11) is 4.31. The lowest BCUT2D eigenvalue weighted by Gasteiger charge is -2.28. The third kappa shape index (κ3) is 16.1. The van der Waals surface area contributed by atoms with Crippen molar-refractivity contribution in [2.45, 2.75) is 85.0 Å². The van der Waals surface area contributed by atoms with E-state index >= 15 is 0 Å². The van der Waals surface area contributed by atoms with Crippen LogP contribution in [0.15, 0.2) is 0 Å². The van der Waals surface area contributed by atoms with Crippen molar-refractivity contribution < 1.29 is 0 Å². The molecule has 2 nitrogen and oxygen atoms in total. The maximum Gasteiger partial charge on any atom is 0.00387 e. The van der Waals surface area contributed by atoms with Gasteiger partial charge in [0, 0.05) is 13.1 Å². The highest BCUT2D eigenvalue weighted by Crippen LogP contribution is 2.14. The molecule has 0 heterocycles. The Labute approximate surface area is 135 Å². The van der Waals surface area contributed by atoms with E-state index in [1.165, 1.54) is 70.8 Å². The Kier molecular flexibility index (Phi) is 13.5. The molecule has 0 aromatic rings. The highest BCUT2D eigenvalue weighted by molar-refractivity contribution is 4.73. The minimum Gasteiger partial charge on any atom is -0.316 e. The smallest absolute Gasteiger partial charge is 0.00387 e. The molecule has 2 heteroatoms. The van der Waals surface area contributed by atoms with Crippen molar-refractivity contribution in [1.29, 1.82) is 0 Å². The molecule has 0 aliphatic heterocycles. The lowest BCUT2D eigenvalue weighted by Crippen LogP contribution is -2.37. The zero-order valence-corrected chi connectivity index (χ0v) is 15.6. The fourth-order valence-electron chi connectivity index (χ4n) is 3.08. The molecule has 0 bridgehead atoms. The third-order valence-electron chi connectivity index (χ3n) is 4.05. The van der Waals surface area contributed by atoms with Crippen LogP contribution < -0.4 is 5.32 Å². The van der Waals surface area contributed by atoms with Crippen molar-refractivity contribution in [3.05, 3.63) is 0 Å². The van der Waals surface area contributed by atoms with E-state index in [0.717, 1.165) is 13.1 Å². The molecule has 0 fully saturated rings. The molecule has 0 saturated heterocycles. The fraction of sp³-hybridized carbons (Fsp3) is 1.00. The predicted molar refractivity (Wildman–Crippen MR) is 97.0 cm³/mol. The number of rotatable bonds is 15. The molecule has 1 N–H and O–H groups in total. The van der Waals surface area contributed by atoms with E-state index in [-0.39, 0.29) is 0 Å². The maximum atomic E-state index is 3.63. The van der Waals surface area contributed by atoms with E-state index in [2.05, 4.69) is 45.1 Å². The van der Waals surface area contributed by atoms with Crippen LogP contribution in [-0.2, 0) is 0 Å². The van der Waals surface area contributed by atoms with Gasteiger partial charge in [-0.25, -0.2) is 0 Å². The second-order valence-electron chi connectivity index (χ2n) is 7.76. The van der Waals surface area contributed by atoms with Gasteiger partial charge in [0.1, 0.15) is 0 Å². The standard InChI is InChI=1S/C19H42N2/c1-6-7-8-9-10-11-12-13-14-15-16-20-17-19(2,3)18-21(4)5/h20H,6-18H2,1-5H3. The van der Waals surface area contributed by atoms with Crippen LogP contribution in [0.4, 0.5) is 0 Å². The average Bonchev–Trinajstić information content (AvgIpc) is 2.38. The third-order valence-corrected chi connectivity index (χ3v) is 4.05. The van der Waals surface area contributed by atoms with Gasteiger partial charge in [0.15, 0.2) is 0 Å². The molecular formula is C19H42N2. The van der Waals surface area contributed by atoms with Crippen molar-refractivity contribution in [3.8, 4) is 0 Å². The predicted octanol–water partition coefficient (Wildman–Crippen LogP) is 5.08. The topological polar surface area (TPSA) is 15.3 Å². The highest BCUT2D eigenvalue weighted by Gasteiger charge is 2.17. The Morgan fingerprint density at radius 2 is 1.24 bits per heavy atom. The summed E-state index contributed by atoms with van der Waals surface area (Å²) >= 11 is 0. The van der Waals surface area contributed by atoms with E-state index in [1.807, 2.05) is 0 Å². The minimum absolute atomic E-state index is 0.377. The van der Waals surface area contributed by atoms with Gasteiger partial charge in [-0.2, -0.15) is 0 Å². The Balaban J connectivity index is 3.22. The van der Waals surface area contributed by atoms with Crippen molar-refractivity contribution in [2.75, 3.05) is 33.7 Å². The molecule has 0 aromatic heterocycles. The fourth-order valence-corrected chi connectivity index (χ4v) is 3.08. The van der Waals surface area contributed by atoms with E-state index in [1.54, 1.807) is 0 Å². The summed E-state index contributed by atoms with van der Waals surface area (Å²) in [6.45, 7) is 10.4. The Bertz CT molecular complexity index is 212. The van der Waals surface area contributed by atoms with Crippen LogP contribution in [0, 0.1) is 5.41 Å². The molecular weight excluding hydrogens is 256 g/mol. The van der Waals surface area contributed by atoms with Crippen molar-refractivity contribution >= 4 is 0 Å². The zero-order chi connectivity index (χ0) is 16.0. The molecule has 0 radical (unpaired) electrons. The highest BCUT2D eigenvalue weighted by atomic mass is 15.1. The van der Waals surface area contributed by atoms with Crippen molar-refractivity contribution in [2.24, 2.45) is 5.41 Å². The minimum atomic E-state index is 0.377. The molecule has 0 aliphatic carbocycles. The molecule has 0 amide bonds. The zero-order valence-electron chi connectivity index (χ0n) is 15.6. The van der Waals surface area contributed by atoms with Crippen molar-refractivity contribution in [3.63, 3.8) is 0 Å². The van der Waals surface area contributed by atoms with Gasteiger partial charge in [-0.05, 0) is 32.5 Å². The van der Waals surface area contributed by atoms with Crippen LogP contribution in [-0.4, -0.2) is 38.6 Å². The van der Waals surface area contributed by atoms with Crippen LogP contribution in [0.1, 0.15) is 85.0 Å². The molecule has 0 aliphatic rings. The van der Waals surface area contributed by atoms with Gasteiger partial charge in [-0.3, -0.25) is 0 Å². The van der Waals surface area contributed by atoms with Gasteiger partial charge < -0.3 is 10.2 Å². The summed E-state index contributed by atoms with van der Waals surface area (Å²) in [5.41, 5.74) is 0.377. The second kappa shape index (κ2) is 13.6. The summed E-state index contributed by atoms with van der Waals surface area (Å²) in [5, 5.41) is 3.63. The summed E-state index contributed by atoms with van der Waals surface area (Å²) in [6.07, 6.45) is 14.2. The average molecular weight is 299 g/mol. The molecule has 0 unspecified atom stereocenters. The van der Waals surface area contributed by atoms with Gasteiger partial charge in [0.05, 0.1) is 0 Å². The Hall–Kier alpha value is -0.0800. The largest absolute Gasteiger partial charge is 0.316 e. The molecule has 0 spiro atoms. The van der Waals surface area contributed by atoms with Crippen LogP contribution >= 0.6 is 0 Å². The first-order valence-electron chi connectivity index (χ1n) is 9.33. The molecule has 0 atom stereocenters. The van der Waals surface area contributed by atoms with Crippen molar-refractivity contribution in [1.82, 2.24) is 10.2 Å². The number of nitrogens with zero attached hydrogens (tertiary/aromatic N) is 1.